The van der Waals surface area contributed by atoms with Gasteiger partial charge in [0.1, 0.15) is 12.4 Å². The van der Waals surface area contributed by atoms with Gasteiger partial charge in [-0.15, -0.1) is 0 Å². The summed E-state index contributed by atoms with van der Waals surface area (Å²) in [4.78, 5) is 18.9. The van der Waals surface area contributed by atoms with Crippen LogP contribution in [0.15, 0.2) is 24.3 Å². The van der Waals surface area contributed by atoms with Crippen LogP contribution in [-0.2, 0) is 16.0 Å². The van der Waals surface area contributed by atoms with Crippen LogP contribution in [0.2, 0.25) is 0 Å². The molecule has 0 radical (unpaired) electrons. The van der Waals surface area contributed by atoms with Crippen LogP contribution in [0.4, 0.5) is 13.2 Å². The molecule has 2 N–H and O–H groups in total. The number of amides is 1. The van der Waals surface area contributed by atoms with Crippen molar-refractivity contribution in [3.63, 3.8) is 0 Å². The minimum Gasteiger partial charge on any atom is -0.372 e. The highest BCUT2D eigenvalue weighted by Crippen LogP contribution is 2.14. The molecule has 0 bridgehead atoms. The second kappa shape index (κ2) is 7.26. The normalized spacial score (nSPS) is 11.8. The summed E-state index contributed by atoms with van der Waals surface area (Å²) < 4.78 is 39.8. The summed E-state index contributed by atoms with van der Waals surface area (Å²) >= 11 is 0. The van der Waals surface area contributed by atoms with Crippen molar-refractivity contribution in [3.05, 3.63) is 30.1 Å². The SMILES string of the molecule is O=C(CCOCC(F)(F)F)NCCc1nc2ccccc2[nH]1. The number of H-pyrrole nitrogens is 1. The first-order chi connectivity index (χ1) is 10.4. The lowest BCUT2D eigenvalue weighted by atomic mass is 10.3. The first-order valence-corrected chi connectivity index (χ1v) is 6.79. The number of carbonyl (C=O) groups is 1. The number of hydrogen-bond donors (Lipinski definition) is 2. The maximum absolute atomic E-state index is 11.8. The van der Waals surface area contributed by atoms with E-state index in [1.807, 2.05) is 24.3 Å². The zero-order chi connectivity index (χ0) is 16.0. The molecule has 22 heavy (non-hydrogen) atoms. The zero-order valence-electron chi connectivity index (χ0n) is 11.7. The van der Waals surface area contributed by atoms with Gasteiger partial charge in [0.05, 0.1) is 17.6 Å². The summed E-state index contributed by atoms with van der Waals surface area (Å²) in [5.41, 5.74) is 1.77. The number of imidazole rings is 1. The Labute approximate surface area is 124 Å². The molecule has 1 heterocycles. The van der Waals surface area contributed by atoms with Gasteiger partial charge in [-0.05, 0) is 12.1 Å². The van der Waals surface area contributed by atoms with E-state index in [9.17, 15) is 18.0 Å². The number of rotatable bonds is 7. The quantitative estimate of drug-likeness (QED) is 0.770. The molecule has 2 aromatic rings. The van der Waals surface area contributed by atoms with Gasteiger partial charge in [0.2, 0.25) is 5.91 Å². The van der Waals surface area contributed by atoms with Crippen molar-refractivity contribution in [2.24, 2.45) is 0 Å². The zero-order valence-corrected chi connectivity index (χ0v) is 11.7. The largest absolute Gasteiger partial charge is 0.411 e. The number of fused-ring (bicyclic) bond motifs is 1. The van der Waals surface area contributed by atoms with Gasteiger partial charge in [0.25, 0.3) is 0 Å². The molecule has 8 heteroatoms. The van der Waals surface area contributed by atoms with Gasteiger partial charge in [-0.25, -0.2) is 4.98 Å². The number of benzene rings is 1. The minimum absolute atomic E-state index is 0.101. The fraction of sp³-hybridized carbons (Fsp3) is 0.429. The molecule has 0 saturated carbocycles. The van der Waals surface area contributed by atoms with Gasteiger partial charge in [-0.3, -0.25) is 4.79 Å². The third-order valence-corrected chi connectivity index (χ3v) is 2.86. The monoisotopic (exact) mass is 315 g/mol. The van der Waals surface area contributed by atoms with E-state index in [0.29, 0.717) is 13.0 Å². The predicted molar refractivity (Wildman–Crippen MR) is 74.3 cm³/mol. The molecule has 0 spiro atoms. The Morgan fingerprint density at radius 1 is 1.32 bits per heavy atom. The fourth-order valence-electron chi connectivity index (χ4n) is 1.89. The molecule has 0 aliphatic carbocycles. The maximum Gasteiger partial charge on any atom is 0.411 e. The second-order valence-corrected chi connectivity index (χ2v) is 4.72. The van der Waals surface area contributed by atoms with E-state index < -0.39 is 12.8 Å². The second-order valence-electron chi connectivity index (χ2n) is 4.72. The molecular formula is C14H16F3N3O2. The molecular weight excluding hydrogens is 299 g/mol. The highest BCUT2D eigenvalue weighted by molar-refractivity contribution is 5.76. The third kappa shape index (κ3) is 5.36. The van der Waals surface area contributed by atoms with Crippen molar-refractivity contribution in [3.8, 4) is 0 Å². The van der Waals surface area contributed by atoms with Crippen LogP contribution in [0.5, 0.6) is 0 Å². The Hall–Kier alpha value is -2.09. The van der Waals surface area contributed by atoms with Gasteiger partial charge in [0, 0.05) is 19.4 Å². The molecule has 120 valence electrons. The number of aromatic amines is 1. The van der Waals surface area contributed by atoms with Crippen molar-refractivity contribution >= 4 is 16.9 Å². The van der Waals surface area contributed by atoms with Crippen LogP contribution in [0, 0.1) is 0 Å². The smallest absolute Gasteiger partial charge is 0.372 e. The van der Waals surface area contributed by atoms with Gasteiger partial charge >= 0.3 is 6.18 Å². The van der Waals surface area contributed by atoms with E-state index in [-0.39, 0.29) is 18.9 Å². The fourth-order valence-corrected chi connectivity index (χ4v) is 1.89. The van der Waals surface area contributed by atoms with Gasteiger partial charge in [-0.1, -0.05) is 12.1 Å². The number of nitrogens with zero attached hydrogens (tertiary/aromatic N) is 1. The molecule has 2 rings (SSSR count). The lowest BCUT2D eigenvalue weighted by molar-refractivity contribution is -0.174. The van der Waals surface area contributed by atoms with Crippen molar-refractivity contribution in [1.29, 1.82) is 0 Å². The molecule has 0 fully saturated rings. The van der Waals surface area contributed by atoms with Gasteiger partial charge in [0.15, 0.2) is 0 Å². The number of ether oxygens (including phenoxy) is 1. The summed E-state index contributed by atoms with van der Waals surface area (Å²) in [6.07, 6.45) is -3.95. The third-order valence-electron chi connectivity index (χ3n) is 2.86. The number of nitrogens with one attached hydrogen (secondary N) is 2. The minimum atomic E-state index is -4.36. The van der Waals surface area contributed by atoms with Gasteiger partial charge in [-0.2, -0.15) is 13.2 Å². The number of aromatic nitrogens is 2. The van der Waals surface area contributed by atoms with E-state index in [1.165, 1.54) is 0 Å². The Kier molecular flexibility index (Phi) is 5.37. The molecule has 0 atom stereocenters. The molecule has 0 unspecified atom stereocenters. The number of para-hydroxylation sites is 2. The van der Waals surface area contributed by atoms with E-state index in [1.54, 1.807) is 0 Å². The lowest BCUT2D eigenvalue weighted by Gasteiger charge is -2.07. The first-order valence-electron chi connectivity index (χ1n) is 6.79. The summed E-state index contributed by atoms with van der Waals surface area (Å²) in [5.74, 6) is 0.396. The van der Waals surface area contributed by atoms with E-state index in [2.05, 4.69) is 20.0 Å². The van der Waals surface area contributed by atoms with Crippen LogP contribution in [0.25, 0.3) is 11.0 Å². The van der Waals surface area contributed by atoms with Crippen LogP contribution >= 0.6 is 0 Å². The molecule has 1 amide bonds. The van der Waals surface area contributed by atoms with Gasteiger partial charge < -0.3 is 15.0 Å². The van der Waals surface area contributed by atoms with E-state index >= 15 is 0 Å². The predicted octanol–water partition coefficient (Wildman–Crippen LogP) is 2.19. The Bertz CT molecular complexity index is 592. The molecule has 1 aromatic heterocycles. The number of alkyl halides is 3. The lowest BCUT2D eigenvalue weighted by Crippen LogP contribution is -2.27. The summed E-state index contributed by atoms with van der Waals surface area (Å²) in [6, 6.07) is 7.57. The molecule has 1 aromatic carbocycles. The molecule has 0 saturated heterocycles. The van der Waals surface area contributed by atoms with E-state index in [4.69, 9.17) is 0 Å². The topological polar surface area (TPSA) is 67.0 Å². The van der Waals surface area contributed by atoms with Crippen LogP contribution in [0.1, 0.15) is 12.2 Å². The Morgan fingerprint density at radius 2 is 2.09 bits per heavy atom. The van der Waals surface area contributed by atoms with Crippen LogP contribution in [-0.4, -0.2) is 41.8 Å². The Balaban J connectivity index is 1.64. The van der Waals surface area contributed by atoms with Crippen LogP contribution < -0.4 is 5.32 Å². The average molecular weight is 315 g/mol. The highest BCUT2D eigenvalue weighted by atomic mass is 19.4. The van der Waals surface area contributed by atoms with Crippen molar-refractivity contribution < 1.29 is 22.7 Å². The summed E-state index contributed by atoms with van der Waals surface area (Å²) in [7, 11) is 0. The maximum atomic E-state index is 11.8. The first kappa shape index (κ1) is 16.3. The summed E-state index contributed by atoms with van der Waals surface area (Å²) in [6.45, 7) is -1.23. The molecule has 0 aliphatic heterocycles. The number of carbonyl (C=O) groups excluding carboxylic acids is 1. The van der Waals surface area contributed by atoms with Crippen LogP contribution in [0.3, 0.4) is 0 Å². The number of halogens is 3. The standard InChI is InChI=1S/C14H16F3N3O2/c15-14(16,17)9-22-8-6-13(21)18-7-5-12-19-10-3-1-2-4-11(10)20-12/h1-4H,5-9H2,(H,18,21)(H,19,20). The summed E-state index contributed by atoms with van der Waals surface area (Å²) in [5, 5.41) is 2.61. The average Bonchev–Trinajstić information content (AvgIpc) is 2.85. The van der Waals surface area contributed by atoms with Crippen molar-refractivity contribution in [1.82, 2.24) is 15.3 Å². The highest BCUT2D eigenvalue weighted by Gasteiger charge is 2.27. The number of hydrogen-bond acceptors (Lipinski definition) is 3. The van der Waals surface area contributed by atoms with Crippen molar-refractivity contribution in [2.75, 3.05) is 19.8 Å². The molecule has 0 aliphatic rings. The molecule has 5 nitrogen and oxygen atoms in total. The van der Waals surface area contributed by atoms with E-state index in [0.717, 1.165) is 16.9 Å². The Morgan fingerprint density at radius 3 is 2.82 bits per heavy atom. The van der Waals surface area contributed by atoms with Crippen molar-refractivity contribution in [2.45, 2.75) is 19.0 Å².